The lowest BCUT2D eigenvalue weighted by Crippen LogP contribution is -2.15. The van der Waals surface area contributed by atoms with Gasteiger partial charge in [0.1, 0.15) is 10.6 Å². The van der Waals surface area contributed by atoms with E-state index in [0.717, 1.165) is 5.69 Å². The average molecular weight is 277 g/mol. The Morgan fingerprint density at radius 2 is 2.11 bits per heavy atom. The Morgan fingerprint density at radius 1 is 1.32 bits per heavy atom. The molecule has 1 N–H and O–H groups in total. The van der Waals surface area contributed by atoms with Gasteiger partial charge in [0.05, 0.1) is 24.7 Å². The molecule has 2 rings (SSSR count). The molecule has 2 aromatic heterocycles. The Bertz CT molecular complexity index is 607. The van der Waals surface area contributed by atoms with Gasteiger partial charge in [-0.05, 0) is 18.4 Å². The quantitative estimate of drug-likeness (QED) is 0.866. The molecule has 0 atom stereocenters. The predicted molar refractivity (Wildman–Crippen MR) is 70.4 cm³/mol. The van der Waals surface area contributed by atoms with Crippen LogP contribution in [0.1, 0.15) is 25.9 Å². The fourth-order valence-corrected chi connectivity index (χ4v) is 2.12. The highest BCUT2D eigenvalue weighted by molar-refractivity contribution is 7.12. The number of esters is 1. The molecule has 7 heteroatoms. The highest BCUT2D eigenvalue weighted by atomic mass is 32.1. The SMILES string of the molecule is COC(=O)c1sccc1NC(=O)c1cnc(C)cn1. The van der Waals surface area contributed by atoms with Crippen molar-refractivity contribution in [2.75, 3.05) is 12.4 Å². The highest BCUT2D eigenvalue weighted by Crippen LogP contribution is 2.23. The maximum absolute atomic E-state index is 11.9. The number of ether oxygens (including phenoxy) is 1. The summed E-state index contributed by atoms with van der Waals surface area (Å²) in [6, 6.07) is 1.64. The van der Waals surface area contributed by atoms with Crippen LogP contribution in [-0.2, 0) is 4.74 Å². The van der Waals surface area contributed by atoms with E-state index in [2.05, 4.69) is 20.0 Å². The summed E-state index contributed by atoms with van der Waals surface area (Å²) in [5.74, 6) is -0.906. The summed E-state index contributed by atoms with van der Waals surface area (Å²) in [5, 5.41) is 4.31. The molecule has 0 aliphatic rings. The first-order valence-corrected chi connectivity index (χ1v) is 6.25. The minimum atomic E-state index is -0.486. The van der Waals surface area contributed by atoms with Crippen LogP contribution >= 0.6 is 11.3 Å². The number of carbonyl (C=O) groups is 2. The summed E-state index contributed by atoms with van der Waals surface area (Å²) in [5.41, 5.74) is 1.32. The molecule has 0 unspecified atom stereocenters. The van der Waals surface area contributed by atoms with Gasteiger partial charge in [0, 0.05) is 6.20 Å². The largest absolute Gasteiger partial charge is 0.465 e. The van der Waals surface area contributed by atoms with Gasteiger partial charge in [-0.25, -0.2) is 9.78 Å². The van der Waals surface area contributed by atoms with Crippen molar-refractivity contribution in [2.45, 2.75) is 6.92 Å². The third-order valence-corrected chi connectivity index (χ3v) is 3.19. The van der Waals surface area contributed by atoms with E-state index < -0.39 is 11.9 Å². The average Bonchev–Trinajstić information content (AvgIpc) is 2.86. The van der Waals surface area contributed by atoms with Crippen molar-refractivity contribution in [3.05, 3.63) is 40.1 Å². The Morgan fingerprint density at radius 3 is 2.74 bits per heavy atom. The van der Waals surface area contributed by atoms with Crippen LogP contribution in [0.2, 0.25) is 0 Å². The smallest absolute Gasteiger partial charge is 0.350 e. The minimum absolute atomic E-state index is 0.188. The van der Waals surface area contributed by atoms with Crippen molar-refractivity contribution in [2.24, 2.45) is 0 Å². The summed E-state index contributed by atoms with van der Waals surface area (Å²) < 4.78 is 4.63. The third kappa shape index (κ3) is 2.94. The van der Waals surface area contributed by atoms with Crippen LogP contribution in [0.15, 0.2) is 23.8 Å². The van der Waals surface area contributed by atoms with Gasteiger partial charge in [-0.15, -0.1) is 11.3 Å². The van der Waals surface area contributed by atoms with E-state index in [-0.39, 0.29) is 5.69 Å². The number of nitrogens with zero attached hydrogens (tertiary/aromatic N) is 2. The zero-order chi connectivity index (χ0) is 13.8. The standard InChI is InChI=1S/C12H11N3O3S/c1-7-5-14-9(6-13-7)11(16)15-8-3-4-19-10(8)12(17)18-2/h3-6H,1-2H3,(H,15,16). The normalized spacial score (nSPS) is 10.0. The second-order valence-electron chi connectivity index (χ2n) is 3.65. The molecule has 19 heavy (non-hydrogen) atoms. The van der Waals surface area contributed by atoms with E-state index >= 15 is 0 Å². The molecular formula is C12H11N3O3S. The Balaban J connectivity index is 2.17. The minimum Gasteiger partial charge on any atom is -0.465 e. The summed E-state index contributed by atoms with van der Waals surface area (Å²) in [7, 11) is 1.29. The monoisotopic (exact) mass is 277 g/mol. The van der Waals surface area contributed by atoms with Crippen molar-refractivity contribution in [1.82, 2.24) is 9.97 Å². The Hall–Kier alpha value is -2.28. The fraction of sp³-hybridized carbons (Fsp3) is 0.167. The Kier molecular flexibility index (Phi) is 3.86. The number of hydrogen-bond acceptors (Lipinski definition) is 6. The first-order valence-electron chi connectivity index (χ1n) is 5.37. The van der Waals surface area contributed by atoms with Crippen LogP contribution in [0.5, 0.6) is 0 Å². The zero-order valence-corrected chi connectivity index (χ0v) is 11.2. The number of aromatic nitrogens is 2. The van der Waals surface area contributed by atoms with Crippen molar-refractivity contribution in [1.29, 1.82) is 0 Å². The highest BCUT2D eigenvalue weighted by Gasteiger charge is 2.16. The van der Waals surface area contributed by atoms with E-state index in [1.165, 1.54) is 30.8 Å². The summed E-state index contributed by atoms with van der Waals surface area (Å²) in [4.78, 5) is 31.7. The van der Waals surface area contributed by atoms with Crippen molar-refractivity contribution >= 4 is 28.9 Å². The molecule has 0 fully saturated rings. The van der Waals surface area contributed by atoms with Gasteiger partial charge < -0.3 is 10.1 Å². The molecule has 1 amide bonds. The summed E-state index contributed by atoms with van der Waals surface area (Å²) in [6.07, 6.45) is 2.89. The van der Waals surface area contributed by atoms with Gasteiger partial charge in [0.25, 0.3) is 5.91 Å². The number of methoxy groups -OCH3 is 1. The van der Waals surface area contributed by atoms with Crippen LogP contribution in [0.25, 0.3) is 0 Å². The molecule has 0 saturated heterocycles. The number of anilines is 1. The number of rotatable bonds is 3. The fourth-order valence-electron chi connectivity index (χ4n) is 1.35. The van der Waals surface area contributed by atoms with Gasteiger partial charge in [-0.3, -0.25) is 9.78 Å². The first kappa shape index (κ1) is 13.2. The molecule has 2 heterocycles. The lowest BCUT2D eigenvalue weighted by atomic mass is 10.3. The number of carbonyl (C=O) groups excluding carboxylic acids is 2. The van der Waals surface area contributed by atoms with E-state index in [0.29, 0.717) is 10.6 Å². The van der Waals surface area contributed by atoms with E-state index in [4.69, 9.17) is 0 Å². The third-order valence-electron chi connectivity index (χ3n) is 2.30. The van der Waals surface area contributed by atoms with Crippen molar-refractivity contribution < 1.29 is 14.3 Å². The maximum atomic E-state index is 11.9. The van der Waals surface area contributed by atoms with Gasteiger partial charge in [-0.2, -0.15) is 0 Å². The van der Waals surface area contributed by atoms with Gasteiger partial charge in [0.2, 0.25) is 0 Å². The first-order chi connectivity index (χ1) is 9.11. The molecule has 0 spiro atoms. The van der Waals surface area contributed by atoms with E-state index in [9.17, 15) is 9.59 Å². The molecular weight excluding hydrogens is 266 g/mol. The molecule has 2 aromatic rings. The zero-order valence-electron chi connectivity index (χ0n) is 10.3. The molecule has 6 nitrogen and oxygen atoms in total. The molecule has 0 aliphatic carbocycles. The molecule has 0 saturated carbocycles. The number of hydrogen-bond donors (Lipinski definition) is 1. The van der Waals surface area contributed by atoms with Crippen LogP contribution in [0, 0.1) is 6.92 Å². The lowest BCUT2D eigenvalue weighted by Gasteiger charge is -2.04. The predicted octanol–water partition coefficient (Wildman–Crippen LogP) is 1.89. The molecule has 0 aliphatic heterocycles. The number of nitrogens with one attached hydrogen (secondary N) is 1. The van der Waals surface area contributed by atoms with Crippen LogP contribution in [0.3, 0.4) is 0 Å². The van der Waals surface area contributed by atoms with Crippen LogP contribution in [-0.4, -0.2) is 29.0 Å². The van der Waals surface area contributed by atoms with Crippen molar-refractivity contribution in [3.8, 4) is 0 Å². The second-order valence-corrected chi connectivity index (χ2v) is 4.57. The number of amides is 1. The topological polar surface area (TPSA) is 81.2 Å². The van der Waals surface area contributed by atoms with Crippen LogP contribution < -0.4 is 5.32 Å². The van der Waals surface area contributed by atoms with Gasteiger partial charge >= 0.3 is 5.97 Å². The maximum Gasteiger partial charge on any atom is 0.350 e. The van der Waals surface area contributed by atoms with Crippen molar-refractivity contribution in [3.63, 3.8) is 0 Å². The summed E-state index contributed by atoms with van der Waals surface area (Å²) >= 11 is 1.20. The second kappa shape index (κ2) is 5.57. The van der Waals surface area contributed by atoms with E-state index in [1.807, 2.05) is 0 Å². The number of aryl methyl sites for hydroxylation is 1. The van der Waals surface area contributed by atoms with E-state index in [1.54, 1.807) is 18.4 Å². The van der Waals surface area contributed by atoms with Gasteiger partial charge in [0.15, 0.2) is 0 Å². The van der Waals surface area contributed by atoms with Gasteiger partial charge in [-0.1, -0.05) is 0 Å². The summed E-state index contributed by atoms with van der Waals surface area (Å²) in [6.45, 7) is 1.78. The number of thiophene rings is 1. The Labute approximate surface area is 113 Å². The molecule has 98 valence electrons. The molecule has 0 bridgehead atoms. The molecule has 0 aromatic carbocycles. The lowest BCUT2D eigenvalue weighted by molar-refractivity contribution is 0.0607. The van der Waals surface area contributed by atoms with Crippen LogP contribution in [0.4, 0.5) is 5.69 Å². The molecule has 0 radical (unpaired) electrons.